The zero-order chi connectivity index (χ0) is 16.2. The Hall–Kier alpha value is -1.38. The van der Waals surface area contributed by atoms with Crippen LogP contribution in [0.15, 0.2) is 6.20 Å². The van der Waals surface area contributed by atoms with Crippen LogP contribution in [-0.4, -0.2) is 49.5 Å². The van der Waals surface area contributed by atoms with Gasteiger partial charge in [0.25, 0.3) is 0 Å². The Kier molecular flexibility index (Phi) is 5.60. The Morgan fingerprint density at radius 2 is 2.23 bits per heavy atom. The van der Waals surface area contributed by atoms with E-state index in [9.17, 15) is 4.79 Å². The number of morpholine rings is 1. The summed E-state index contributed by atoms with van der Waals surface area (Å²) in [5.74, 6) is 0. The molecule has 0 radical (unpaired) electrons. The fourth-order valence-electron chi connectivity index (χ4n) is 1.96. The number of thiazole rings is 1. The molecule has 1 aliphatic heterocycles. The summed E-state index contributed by atoms with van der Waals surface area (Å²) in [6, 6.07) is -0.292. The first kappa shape index (κ1) is 17.0. The van der Waals surface area contributed by atoms with Crippen molar-refractivity contribution in [1.29, 1.82) is 0 Å². The Morgan fingerprint density at radius 1 is 1.55 bits per heavy atom. The summed E-state index contributed by atoms with van der Waals surface area (Å²) in [7, 11) is 0. The fraction of sp³-hybridized carbons (Fsp3) is 0.714. The number of amides is 1. The Balaban J connectivity index is 1.83. The molecule has 3 N–H and O–H groups in total. The zero-order valence-electron chi connectivity index (χ0n) is 13.3. The molecule has 1 aromatic rings. The van der Waals surface area contributed by atoms with Gasteiger partial charge in [-0.2, -0.15) is 0 Å². The van der Waals surface area contributed by atoms with Gasteiger partial charge in [-0.1, -0.05) is 0 Å². The summed E-state index contributed by atoms with van der Waals surface area (Å²) >= 11 is 1.55. The van der Waals surface area contributed by atoms with E-state index >= 15 is 0 Å². The van der Waals surface area contributed by atoms with Crippen LogP contribution in [0.5, 0.6) is 0 Å². The summed E-state index contributed by atoms with van der Waals surface area (Å²) in [6.07, 6.45) is 1.32. The number of aromatic nitrogens is 1. The molecular weight excluding hydrogens is 304 g/mol. The molecule has 8 heteroatoms. The number of ether oxygens (including phenoxy) is 2. The summed E-state index contributed by atoms with van der Waals surface area (Å²) in [4.78, 5) is 19.2. The van der Waals surface area contributed by atoms with E-state index in [1.165, 1.54) is 0 Å². The topological polar surface area (TPSA) is 89.7 Å². The maximum absolute atomic E-state index is 11.6. The van der Waals surface area contributed by atoms with Gasteiger partial charge in [-0.15, -0.1) is 11.3 Å². The smallest absolute Gasteiger partial charge is 0.407 e. The molecule has 1 fully saturated rings. The quantitative estimate of drug-likeness (QED) is 0.871. The lowest BCUT2D eigenvalue weighted by atomic mass is 10.2. The third-order valence-corrected chi connectivity index (χ3v) is 4.21. The van der Waals surface area contributed by atoms with E-state index in [2.05, 4.69) is 15.2 Å². The number of carbonyl (C=O) groups excluding carboxylic acids is 1. The van der Waals surface area contributed by atoms with Crippen LogP contribution in [-0.2, 0) is 9.47 Å². The number of hydrogen-bond acceptors (Lipinski definition) is 7. The minimum absolute atomic E-state index is 0.292. The Morgan fingerprint density at radius 3 is 2.86 bits per heavy atom. The summed E-state index contributed by atoms with van der Waals surface area (Å²) in [6.45, 7) is 8.93. The second-order valence-electron chi connectivity index (χ2n) is 6.13. The molecule has 2 rings (SSSR count). The number of rotatable bonds is 4. The van der Waals surface area contributed by atoms with Crippen LogP contribution < -0.4 is 16.0 Å². The number of anilines is 1. The molecule has 124 valence electrons. The second kappa shape index (κ2) is 7.26. The third-order valence-electron chi connectivity index (χ3n) is 3.02. The van der Waals surface area contributed by atoms with E-state index in [0.717, 1.165) is 36.3 Å². The molecular formula is C14H24N4O3S. The Labute approximate surface area is 134 Å². The number of nitrogens with one attached hydrogen (secondary N) is 1. The van der Waals surface area contributed by atoms with Crippen LogP contribution in [0.25, 0.3) is 0 Å². The Bertz CT molecular complexity index is 495. The van der Waals surface area contributed by atoms with Crippen molar-refractivity contribution in [3.05, 3.63) is 11.1 Å². The molecule has 1 saturated heterocycles. The predicted octanol–water partition coefficient (Wildman–Crippen LogP) is 1.50. The van der Waals surface area contributed by atoms with Crippen LogP contribution in [0.1, 0.15) is 31.7 Å². The summed E-state index contributed by atoms with van der Waals surface area (Å²) in [5, 5.41) is 3.64. The van der Waals surface area contributed by atoms with Gasteiger partial charge in [0, 0.05) is 30.7 Å². The van der Waals surface area contributed by atoms with Crippen molar-refractivity contribution >= 4 is 22.6 Å². The van der Waals surface area contributed by atoms with E-state index in [1.807, 2.05) is 20.8 Å². The van der Waals surface area contributed by atoms with Gasteiger partial charge < -0.3 is 25.4 Å². The zero-order valence-corrected chi connectivity index (χ0v) is 14.1. The van der Waals surface area contributed by atoms with Gasteiger partial charge in [-0.25, -0.2) is 9.78 Å². The van der Waals surface area contributed by atoms with Crippen molar-refractivity contribution in [2.45, 2.75) is 32.4 Å². The molecule has 1 aliphatic rings. The maximum atomic E-state index is 11.6. The number of nitrogens with zero attached hydrogens (tertiary/aromatic N) is 2. The SMILES string of the molecule is CC(C)(C)OC(=O)NCC(N)c1cnc(N2CCOCC2)s1. The van der Waals surface area contributed by atoms with Gasteiger partial charge in [0.15, 0.2) is 5.13 Å². The van der Waals surface area contributed by atoms with Crippen molar-refractivity contribution in [2.24, 2.45) is 5.73 Å². The van der Waals surface area contributed by atoms with E-state index in [1.54, 1.807) is 17.5 Å². The highest BCUT2D eigenvalue weighted by Crippen LogP contribution is 2.26. The highest BCUT2D eigenvalue weighted by atomic mass is 32.1. The highest BCUT2D eigenvalue weighted by Gasteiger charge is 2.19. The summed E-state index contributed by atoms with van der Waals surface area (Å²) in [5.41, 5.74) is 5.60. The normalized spacial score (nSPS) is 17.2. The van der Waals surface area contributed by atoms with Crippen LogP contribution in [0.4, 0.5) is 9.93 Å². The minimum atomic E-state index is -0.512. The average Bonchev–Trinajstić information content (AvgIpc) is 2.94. The fourth-order valence-corrected chi connectivity index (χ4v) is 2.93. The molecule has 22 heavy (non-hydrogen) atoms. The van der Waals surface area contributed by atoms with Gasteiger partial charge in [0.2, 0.25) is 0 Å². The van der Waals surface area contributed by atoms with Gasteiger partial charge in [0.1, 0.15) is 5.60 Å². The molecule has 2 heterocycles. The monoisotopic (exact) mass is 328 g/mol. The third kappa shape index (κ3) is 5.11. The molecule has 0 bridgehead atoms. The number of carbonyl (C=O) groups is 1. The lowest BCUT2D eigenvalue weighted by molar-refractivity contribution is 0.0524. The largest absolute Gasteiger partial charge is 0.444 e. The molecule has 1 aromatic heterocycles. The lowest BCUT2D eigenvalue weighted by Gasteiger charge is -2.26. The van der Waals surface area contributed by atoms with Crippen molar-refractivity contribution in [3.63, 3.8) is 0 Å². The van der Waals surface area contributed by atoms with E-state index in [0.29, 0.717) is 6.54 Å². The van der Waals surface area contributed by atoms with E-state index in [4.69, 9.17) is 15.2 Å². The molecule has 0 aromatic carbocycles. The van der Waals surface area contributed by atoms with Crippen LogP contribution in [0.2, 0.25) is 0 Å². The van der Waals surface area contributed by atoms with Gasteiger partial charge in [0.05, 0.1) is 19.3 Å². The molecule has 7 nitrogen and oxygen atoms in total. The number of alkyl carbamates (subject to hydrolysis) is 1. The first-order valence-corrected chi connectivity index (χ1v) is 8.17. The molecule has 0 spiro atoms. The summed E-state index contributed by atoms with van der Waals surface area (Å²) < 4.78 is 10.5. The van der Waals surface area contributed by atoms with Crippen LogP contribution in [0, 0.1) is 0 Å². The van der Waals surface area contributed by atoms with Crippen molar-refractivity contribution in [2.75, 3.05) is 37.7 Å². The van der Waals surface area contributed by atoms with Crippen molar-refractivity contribution in [1.82, 2.24) is 10.3 Å². The standard InChI is InChI=1S/C14H24N4O3S/c1-14(2,3)21-13(19)17-8-10(15)11-9-16-12(22-11)18-4-6-20-7-5-18/h9-10H,4-8,15H2,1-3H3,(H,17,19). The van der Waals surface area contributed by atoms with E-state index in [-0.39, 0.29) is 6.04 Å². The predicted molar refractivity (Wildman–Crippen MR) is 86.3 cm³/mol. The first-order valence-electron chi connectivity index (χ1n) is 7.36. The minimum Gasteiger partial charge on any atom is -0.444 e. The van der Waals surface area contributed by atoms with Gasteiger partial charge >= 0.3 is 6.09 Å². The maximum Gasteiger partial charge on any atom is 0.407 e. The molecule has 0 aliphatic carbocycles. The van der Waals surface area contributed by atoms with Crippen LogP contribution >= 0.6 is 11.3 Å². The molecule has 0 saturated carbocycles. The first-order chi connectivity index (χ1) is 10.3. The molecule has 1 amide bonds. The second-order valence-corrected chi connectivity index (χ2v) is 7.17. The highest BCUT2D eigenvalue weighted by molar-refractivity contribution is 7.15. The van der Waals surface area contributed by atoms with Gasteiger partial charge in [-0.05, 0) is 20.8 Å². The average molecular weight is 328 g/mol. The van der Waals surface area contributed by atoms with Crippen LogP contribution in [0.3, 0.4) is 0 Å². The number of nitrogens with two attached hydrogens (primary N) is 1. The van der Waals surface area contributed by atoms with Gasteiger partial charge in [-0.3, -0.25) is 0 Å². The number of hydrogen-bond donors (Lipinski definition) is 2. The van der Waals surface area contributed by atoms with E-state index < -0.39 is 11.7 Å². The molecule has 1 atom stereocenters. The van der Waals surface area contributed by atoms with Crippen molar-refractivity contribution in [3.8, 4) is 0 Å². The lowest BCUT2D eigenvalue weighted by Crippen LogP contribution is -2.36. The van der Waals surface area contributed by atoms with Crippen molar-refractivity contribution < 1.29 is 14.3 Å². The molecule has 1 unspecified atom stereocenters.